The van der Waals surface area contributed by atoms with Crippen LogP contribution >= 0.6 is 24.8 Å². The highest BCUT2D eigenvalue weighted by atomic mass is 35.5. The van der Waals surface area contributed by atoms with Crippen molar-refractivity contribution in [3.8, 4) is 0 Å². The maximum absolute atomic E-state index is 11.9. The van der Waals surface area contributed by atoms with Gasteiger partial charge in [-0.3, -0.25) is 4.79 Å². The number of halogens is 2. The zero-order valence-corrected chi connectivity index (χ0v) is 14.7. The van der Waals surface area contributed by atoms with E-state index >= 15 is 0 Å². The van der Waals surface area contributed by atoms with E-state index in [0.717, 1.165) is 22.4 Å². The Labute approximate surface area is 143 Å². The number of hydrogen-bond donors (Lipinski definition) is 3. The highest BCUT2D eigenvalue weighted by Gasteiger charge is 2.18. The third kappa shape index (κ3) is 5.16. The van der Waals surface area contributed by atoms with Gasteiger partial charge in [-0.2, -0.15) is 0 Å². The fourth-order valence-corrected chi connectivity index (χ4v) is 2.07. The molecule has 4 N–H and O–H groups in total. The van der Waals surface area contributed by atoms with Crippen molar-refractivity contribution in [2.75, 3.05) is 6.54 Å². The molecule has 124 valence electrons. The molecule has 1 aromatic carbocycles. The molecule has 1 amide bonds. The van der Waals surface area contributed by atoms with Gasteiger partial charge in [-0.25, -0.2) is 4.98 Å². The number of nitrogens with one attached hydrogen (secondary N) is 2. The molecule has 22 heavy (non-hydrogen) atoms. The zero-order chi connectivity index (χ0) is 14.8. The molecule has 0 aliphatic carbocycles. The van der Waals surface area contributed by atoms with Gasteiger partial charge in [0.1, 0.15) is 5.82 Å². The molecule has 1 heterocycles. The van der Waals surface area contributed by atoms with Crippen LogP contribution in [0.15, 0.2) is 18.2 Å². The number of benzene rings is 1. The Bertz CT molecular complexity index is 625. The molecule has 0 saturated heterocycles. The summed E-state index contributed by atoms with van der Waals surface area (Å²) in [5, 5.41) is 2.92. The summed E-state index contributed by atoms with van der Waals surface area (Å²) in [6.07, 6.45) is 1.00. The van der Waals surface area contributed by atoms with Gasteiger partial charge in [-0.1, -0.05) is 12.1 Å². The molecule has 2 aromatic rings. The summed E-state index contributed by atoms with van der Waals surface area (Å²) in [7, 11) is 0. The van der Waals surface area contributed by atoms with Gasteiger partial charge in [0.25, 0.3) is 0 Å². The van der Waals surface area contributed by atoms with E-state index in [4.69, 9.17) is 5.73 Å². The van der Waals surface area contributed by atoms with Crippen LogP contribution in [0.25, 0.3) is 11.0 Å². The molecule has 0 bridgehead atoms. The number of carbonyl (C=O) groups excluding carboxylic acids is 1. The molecule has 0 atom stereocenters. The van der Waals surface area contributed by atoms with Gasteiger partial charge in [0.2, 0.25) is 5.91 Å². The number of H-pyrrole nitrogens is 1. The average Bonchev–Trinajstić information content (AvgIpc) is 2.80. The second kappa shape index (κ2) is 8.36. The van der Waals surface area contributed by atoms with Crippen molar-refractivity contribution in [1.82, 2.24) is 15.3 Å². The van der Waals surface area contributed by atoms with Crippen LogP contribution in [0.4, 0.5) is 0 Å². The highest BCUT2D eigenvalue weighted by molar-refractivity contribution is 5.85. The maximum atomic E-state index is 11.9. The molecule has 0 spiro atoms. The number of hydrogen-bond acceptors (Lipinski definition) is 3. The molecule has 0 aliphatic rings. The lowest BCUT2D eigenvalue weighted by atomic mass is 10.1. The Hall–Kier alpha value is -1.30. The van der Waals surface area contributed by atoms with Gasteiger partial charge in [0.05, 0.1) is 11.0 Å². The highest BCUT2D eigenvalue weighted by Crippen LogP contribution is 2.16. The van der Waals surface area contributed by atoms with Gasteiger partial charge in [-0.15, -0.1) is 24.8 Å². The summed E-state index contributed by atoms with van der Waals surface area (Å²) >= 11 is 0. The largest absolute Gasteiger partial charge is 0.350 e. The number of amides is 1. The SMILES string of the molecule is Cc1cccc2[nH]c(CCC(=O)NC(C)(C)CN)nc12.Cl.Cl. The topological polar surface area (TPSA) is 83.8 Å². The minimum Gasteiger partial charge on any atom is -0.350 e. The molecule has 0 fully saturated rings. The second-order valence-electron chi connectivity index (χ2n) is 5.79. The number of nitrogens with zero attached hydrogens (tertiary/aromatic N) is 1. The monoisotopic (exact) mass is 346 g/mol. The number of rotatable bonds is 5. The standard InChI is InChI=1S/C15H22N4O.2ClH/c1-10-5-4-6-11-14(10)18-12(17-11)7-8-13(20)19-15(2,3)9-16;;/h4-6H,7-9,16H2,1-3H3,(H,17,18)(H,19,20);2*1H. The van der Waals surface area contributed by atoms with Crippen molar-refractivity contribution in [3.05, 3.63) is 29.6 Å². The third-order valence-electron chi connectivity index (χ3n) is 3.34. The predicted molar refractivity (Wildman–Crippen MR) is 94.9 cm³/mol. The Morgan fingerprint density at radius 1 is 1.36 bits per heavy atom. The molecule has 2 rings (SSSR count). The van der Waals surface area contributed by atoms with Crippen LogP contribution in [-0.2, 0) is 11.2 Å². The number of aromatic nitrogens is 2. The summed E-state index contributed by atoms with van der Waals surface area (Å²) in [6.45, 7) is 6.27. The van der Waals surface area contributed by atoms with Crippen LogP contribution in [0.3, 0.4) is 0 Å². The fraction of sp³-hybridized carbons (Fsp3) is 0.467. The summed E-state index contributed by atoms with van der Waals surface area (Å²) in [5.41, 5.74) is 8.37. The lowest BCUT2D eigenvalue weighted by molar-refractivity contribution is -0.122. The quantitative estimate of drug-likeness (QED) is 0.777. The first kappa shape index (κ1) is 20.7. The van der Waals surface area contributed by atoms with Crippen molar-refractivity contribution >= 4 is 41.8 Å². The van der Waals surface area contributed by atoms with Crippen LogP contribution in [0.2, 0.25) is 0 Å². The van der Waals surface area contributed by atoms with E-state index in [2.05, 4.69) is 15.3 Å². The second-order valence-corrected chi connectivity index (χ2v) is 5.79. The van der Waals surface area contributed by atoms with Gasteiger partial charge in [0, 0.05) is 24.9 Å². The molecule has 1 aromatic heterocycles. The Balaban J connectivity index is 0.00000220. The van der Waals surface area contributed by atoms with Crippen LogP contribution in [0.1, 0.15) is 31.7 Å². The molecule has 5 nitrogen and oxygen atoms in total. The van der Waals surface area contributed by atoms with E-state index < -0.39 is 0 Å². The number of para-hydroxylation sites is 1. The van der Waals surface area contributed by atoms with Gasteiger partial charge < -0.3 is 16.0 Å². The average molecular weight is 347 g/mol. The van der Waals surface area contributed by atoms with Crippen LogP contribution < -0.4 is 11.1 Å². The number of aromatic amines is 1. The van der Waals surface area contributed by atoms with Crippen molar-refractivity contribution < 1.29 is 4.79 Å². The van der Waals surface area contributed by atoms with Crippen LogP contribution in [0, 0.1) is 6.92 Å². The first-order valence-electron chi connectivity index (χ1n) is 6.86. The van der Waals surface area contributed by atoms with E-state index in [1.165, 1.54) is 0 Å². The van der Waals surface area contributed by atoms with Crippen LogP contribution in [-0.4, -0.2) is 28.0 Å². The first-order chi connectivity index (χ1) is 9.41. The van der Waals surface area contributed by atoms with E-state index in [0.29, 0.717) is 19.4 Å². The minimum absolute atomic E-state index is 0. The van der Waals surface area contributed by atoms with Gasteiger partial charge in [-0.05, 0) is 32.4 Å². The van der Waals surface area contributed by atoms with E-state index in [1.54, 1.807) is 0 Å². The number of imidazole rings is 1. The molecule has 0 radical (unpaired) electrons. The smallest absolute Gasteiger partial charge is 0.220 e. The number of aryl methyl sites for hydroxylation is 2. The van der Waals surface area contributed by atoms with Crippen molar-refractivity contribution in [2.24, 2.45) is 5.73 Å². The van der Waals surface area contributed by atoms with Crippen molar-refractivity contribution in [1.29, 1.82) is 0 Å². The number of fused-ring (bicyclic) bond motifs is 1. The fourth-order valence-electron chi connectivity index (χ4n) is 2.07. The van der Waals surface area contributed by atoms with Crippen LogP contribution in [0.5, 0.6) is 0 Å². The molecule has 0 unspecified atom stereocenters. The normalized spacial score (nSPS) is 10.7. The van der Waals surface area contributed by atoms with Crippen molar-refractivity contribution in [2.45, 2.75) is 39.2 Å². The Morgan fingerprint density at radius 3 is 2.64 bits per heavy atom. The number of nitrogens with two attached hydrogens (primary N) is 1. The Morgan fingerprint density at radius 2 is 2.05 bits per heavy atom. The van der Waals surface area contributed by atoms with E-state index in [1.807, 2.05) is 39.0 Å². The molecular weight excluding hydrogens is 323 g/mol. The zero-order valence-electron chi connectivity index (χ0n) is 13.1. The van der Waals surface area contributed by atoms with Crippen molar-refractivity contribution in [3.63, 3.8) is 0 Å². The Kier molecular flexibility index (Phi) is 7.87. The van der Waals surface area contributed by atoms with E-state index in [-0.39, 0.29) is 36.3 Å². The lowest BCUT2D eigenvalue weighted by Crippen LogP contribution is -2.48. The maximum Gasteiger partial charge on any atom is 0.220 e. The summed E-state index contributed by atoms with van der Waals surface area (Å²) in [5.74, 6) is 0.840. The summed E-state index contributed by atoms with van der Waals surface area (Å²) < 4.78 is 0. The molecule has 0 aliphatic heterocycles. The molecule has 0 saturated carbocycles. The lowest BCUT2D eigenvalue weighted by Gasteiger charge is -2.24. The molecule has 7 heteroatoms. The first-order valence-corrected chi connectivity index (χ1v) is 6.86. The van der Waals surface area contributed by atoms with Gasteiger partial charge >= 0.3 is 0 Å². The number of carbonyl (C=O) groups is 1. The summed E-state index contributed by atoms with van der Waals surface area (Å²) in [6, 6.07) is 6.02. The van der Waals surface area contributed by atoms with E-state index in [9.17, 15) is 4.79 Å². The molecular formula is C15H24Cl2N4O. The predicted octanol–water partition coefficient (Wildman–Crippen LogP) is 2.50. The third-order valence-corrected chi connectivity index (χ3v) is 3.34. The minimum atomic E-state index is -0.360. The summed E-state index contributed by atoms with van der Waals surface area (Å²) in [4.78, 5) is 19.7. The van der Waals surface area contributed by atoms with Gasteiger partial charge in [0.15, 0.2) is 0 Å².